The first kappa shape index (κ1) is 13.0. The van der Waals surface area contributed by atoms with Crippen molar-refractivity contribution < 1.29 is 14.6 Å². The lowest BCUT2D eigenvalue weighted by atomic mass is 10.0. The zero-order chi connectivity index (χ0) is 12.0. The molecule has 1 rings (SSSR count). The third-order valence-electron chi connectivity index (χ3n) is 2.59. The molecule has 0 fully saturated rings. The fourth-order valence-corrected chi connectivity index (χ4v) is 1.73. The SMILES string of the molecule is CCOc1ccccc1C(O)C(CC)OC. The Bertz CT molecular complexity index is 308. The van der Waals surface area contributed by atoms with Crippen LogP contribution in [0.5, 0.6) is 5.75 Å². The van der Waals surface area contributed by atoms with Gasteiger partial charge in [0.25, 0.3) is 0 Å². The summed E-state index contributed by atoms with van der Waals surface area (Å²) in [6.45, 7) is 4.50. The number of ether oxygens (including phenoxy) is 2. The Hall–Kier alpha value is -1.06. The molecule has 1 aromatic carbocycles. The number of rotatable bonds is 6. The van der Waals surface area contributed by atoms with Gasteiger partial charge in [0.1, 0.15) is 11.9 Å². The van der Waals surface area contributed by atoms with E-state index in [0.29, 0.717) is 6.61 Å². The molecule has 1 N–H and O–H groups in total. The fraction of sp³-hybridized carbons (Fsp3) is 0.538. The number of benzene rings is 1. The van der Waals surface area contributed by atoms with Crippen molar-refractivity contribution in [3.8, 4) is 5.75 Å². The van der Waals surface area contributed by atoms with E-state index < -0.39 is 6.10 Å². The summed E-state index contributed by atoms with van der Waals surface area (Å²) < 4.78 is 10.7. The van der Waals surface area contributed by atoms with Gasteiger partial charge < -0.3 is 14.6 Å². The molecule has 2 unspecified atom stereocenters. The fourth-order valence-electron chi connectivity index (χ4n) is 1.73. The minimum Gasteiger partial charge on any atom is -0.493 e. The normalized spacial score (nSPS) is 14.5. The summed E-state index contributed by atoms with van der Waals surface area (Å²) in [6, 6.07) is 7.53. The minimum absolute atomic E-state index is 0.193. The van der Waals surface area contributed by atoms with Crippen LogP contribution >= 0.6 is 0 Å². The number of hydrogen-bond acceptors (Lipinski definition) is 3. The van der Waals surface area contributed by atoms with Crippen LogP contribution in [0.2, 0.25) is 0 Å². The number of aliphatic hydroxyl groups excluding tert-OH is 1. The van der Waals surface area contributed by atoms with Gasteiger partial charge in [-0.1, -0.05) is 25.1 Å². The molecule has 2 atom stereocenters. The predicted octanol–water partition coefficient (Wildman–Crippen LogP) is 2.54. The molecule has 0 aliphatic rings. The lowest BCUT2D eigenvalue weighted by Crippen LogP contribution is -2.20. The zero-order valence-electron chi connectivity index (χ0n) is 10.1. The van der Waals surface area contributed by atoms with Gasteiger partial charge in [-0.05, 0) is 19.4 Å². The van der Waals surface area contributed by atoms with Gasteiger partial charge >= 0.3 is 0 Å². The first-order chi connectivity index (χ1) is 7.74. The summed E-state index contributed by atoms with van der Waals surface area (Å²) in [5.41, 5.74) is 0.790. The van der Waals surface area contributed by atoms with Gasteiger partial charge in [-0.3, -0.25) is 0 Å². The van der Waals surface area contributed by atoms with Gasteiger partial charge in [0.05, 0.1) is 12.7 Å². The van der Waals surface area contributed by atoms with E-state index in [4.69, 9.17) is 9.47 Å². The Morgan fingerprint density at radius 3 is 2.50 bits per heavy atom. The summed E-state index contributed by atoms with van der Waals surface area (Å²) in [4.78, 5) is 0. The molecule has 1 aromatic rings. The molecule has 0 amide bonds. The van der Waals surface area contributed by atoms with E-state index in [9.17, 15) is 5.11 Å². The molecule has 0 heterocycles. The highest BCUT2D eigenvalue weighted by molar-refractivity contribution is 5.35. The van der Waals surface area contributed by atoms with E-state index in [-0.39, 0.29) is 6.10 Å². The average Bonchev–Trinajstić information content (AvgIpc) is 2.31. The molecule has 0 saturated heterocycles. The van der Waals surface area contributed by atoms with Gasteiger partial charge in [0, 0.05) is 12.7 Å². The second-order valence-electron chi connectivity index (χ2n) is 3.60. The van der Waals surface area contributed by atoms with Crippen LogP contribution in [0.3, 0.4) is 0 Å². The van der Waals surface area contributed by atoms with Crippen molar-refractivity contribution in [3.63, 3.8) is 0 Å². The van der Waals surface area contributed by atoms with Crippen molar-refractivity contribution in [3.05, 3.63) is 29.8 Å². The Labute approximate surface area is 97.0 Å². The maximum atomic E-state index is 10.2. The van der Waals surface area contributed by atoms with Crippen LogP contribution in [0.25, 0.3) is 0 Å². The summed E-state index contributed by atoms with van der Waals surface area (Å²) in [7, 11) is 1.61. The molecule has 0 aliphatic carbocycles. The van der Waals surface area contributed by atoms with Crippen LogP contribution in [-0.2, 0) is 4.74 Å². The first-order valence-electron chi connectivity index (χ1n) is 5.67. The highest BCUT2D eigenvalue weighted by Gasteiger charge is 2.21. The quantitative estimate of drug-likeness (QED) is 0.807. The van der Waals surface area contributed by atoms with E-state index in [1.165, 1.54) is 0 Å². The van der Waals surface area contributed by atoms with Crippen LogP contribution in [0.1, 0.15) is 31.9 Å². The van der Waals surface area contributed by atoms with Gasteiger partial charge in [0.2, 0.25) is 0 Å². The number of aliphatic hydroxyl groups is 1. The first-order valence-corrected chi connectivity index (χ1v) is 5.67. The topological polar surface area (TPSA) is 38.7 Å². The summed E-state index contributed by atoms with van der Waals surface area (Å²) >= 11 is 0. The largest absolute Gasteiger partial charge is 0.493 e. The maximum absolute atomic E-state index is 10.2. The van der Waals surface area contributed by atoms with Crippen LogP contribution in [0.4, 0.5) is 0 Å². The summed E-state index contributed by atoms with van der Waals surface area (Å²) in [6.07, 6.45) is -0.0719. The number of para-hydroxylation sites is 1. The van der Waals surface area contributed by atoms with Gasteiger partial charge in [-0.2, -0.15) is 0 Å². The third kappa shape index (κ3) is 2.97. The molecule has 0 spiro atoms. The van der Waals surface area contributed by atoms with E-state index >= 15 is 0 Å². The number of hydrogen-bond donors (Lipinski definition) is 1. The van der Waals surface area contributed by atoms with E-state index in [1.807, 2.05) is 38.1 Å². The molecule has 3 heteroatoms. The van der Waals surface area contributed by atoms with Crippen molar-refractivity contribution in [2.45, 2.75) is 32.5 Å². The molecular formula is C13H20O3. The molecule has 0 aliphatic heterocycles. The Morgan fingerprint density at radius 2 is 1.94 bits per heavy atom. The van der Waals surface area contributed by atoms with E-state index in [0.717, 1.165) is 17.7 Å². The van der Waals surface area contributed by atoms with Gasteiger partial charge in [-0.25, -0.2) is 0 Å². The Balaban J connectivity index is 2.92. The minimum atomic E-state index is -0.641. The standard InChI is InChI=1S/C13H20O3/c1-4-11(15-3)13(14)10-8-6-7-9-12(10)16-5-2/h6-9,11,13-14H,4-5H2,1-3H3. The summed E-state index contributed by atoms with van der Waals surface area (Å²) in [5, 5.41) is 10.2. The predicted molar refractivity (Wildman–Crippen MR) is 63.7 cm³/mol. The van der Waals surface area contributed by atoms with Crippen LogP contribution < -0.4 is 4.74 Å². The lowest BCUT2D eigenvalue weighted by molar-refractivity contribution is -0.0160. The molecule has 3 nitrogen and oxygen atoms in total. The van der Waals surface area contributed by atoms with Crippen molar-refractivity contribution >= 4 is 0 Å². The van der Waals surface area contributed by atoms with Gasteiger partial charge in [-0.15, -0.1) is 0 Å². The van der Waals surface area contributed by atoms with Gasteiger partial charge in [0.15, 0.2) is 0 Å². The van der Waals surface area contributed by atoms with Crippen molar-refractivity contribution in [2.24, 2.45) is 0 Å². The lowest BCUT2D eigenvalue weighted by Gasteiger charge is -2.22. The van der Waals surface area contributed by atoms with Crippen molar-refractivity contribution in [1.29, 1.82) is 0 Å². The van der Waals surface area contributed by atoms with Crippen LogP contribution in [0.15, 0.2) is 24.3 Å². The Kier molecular flexibility index (Phi) is 5.29. The molecule has 0 radical (unpaired) electrons. The van der Waals surface area contributed by atoms with Crippen LogP contribution in [0, 0.1) is 0 Å². The second-order valence-corrected chi connectivity index (χ2v) is 3.60. The Morgan fingerprint density at radius 1 is 1.25 bits per heavy atom. The summed E-state index contributed by atoms with van der Waals surface area (Å²) in [5.74, 6) is 0.730. The van der Waals surface area contributed by atoms with E-state index in [2.05, 4.69) is 0 Å². The molecule has 16 heavy (non-hydrogen) atoms. The van der Waals surface area contributed by atoms with Crippen molar-refractivity contribution in [1.82, 2.24) is 0 Å². The van der Waals surface area contributed by atoms with Crippen molar-refractivity contribution in [2.75, 3.05) is 13.7 Å². The highest BCUT2D eigenvalue weighted by Crippen LogP contribution is 2.29. The third-order valence-corrected chi connectivity index (χ3v) is 2.59. The highest BCUT2D eigenvalue weighted by atomic mass is 16.5. The smallest absolute Gasteiger partial charge is 0.125 e. The molecule has 0 bridgehead atoms. The maximum Gasteiger partial charge on any atom is 0.125 e. The molecular weight excluding hydrogens is 204 g/mol. The average molecular weight is 224 g/mol. The molecule has 0 aromatic heterocycles. The molecule has 90 valence electrons. The van der Waals surface area contributed by atoms with E-state index in [1.54, 1.807) is 7.11 Å². The molecule has 0 saturated carbocycles. The monoisotopic (exact) mass is 224 g/mol. The zero-order valence-corrected chi connectivity index (χ0v) is 10.1. The number of methoxy groups -OCH3 is 1. The van der Waals surface area contributed by atoms with Crippen LogP contribution in [-0.4, -0.2) is 24.9 Å². The second kappa shape index (κ2) is 6.51.